The van der Waals surface area contributed by atoms with Crippen LogP contribution in [0.3, 0.4) is 0 Å². The van der Waals surface area contributed by atoms with Gasteiger partial charge in [0.25, 0.3) is 0 Å². The molecule has 0 spiro atoms. The summed E-state index contributed by atoms with van der Waals surface area (Å²) in [6.45, 7) is 0. The Bertz CT molecular complexity index is 283. The molecule has 0 radical (unpaired) electrons. The molecule has 0 aliphatic carbocycles. The molecular formula is C8H10N4. The zero-order valence-electron chi connectivity index (χ0n) is 7.10. The van der Waals surface area contributed by atoms with E-state index in [1.54, 1.807) is 12.4 Å². The molecule has 4 nitrogen and oxygen atoms in total. The van der Waals surface area contributed by atoms with Crippen molar-refractivity contribution in [2.24, 2.45) is 9.98 Å². The van der Waals surface area contributed by atoms with Crippen LogP contribution in [0.5, 0.6) is 0 Å². The first-order chi connectivity index (χ1) is 5.79. The number of rotatable bonds is 0. The Morgan fingerprint density at radius 2 is 1.50 bits per heavy atom. The zero-order valence-corrected chi connectivity index (χ0v) is 7.10. The molecule has 0 bridgehead atoms. The second-order valence-corrected chi connectivity index (χ2v) is 2.72. The SMILES string of the molecule is CN1C=CN(C)C1=C1N=CC=N1. The van der Waals surface area contributed by atoms with E-state index in [0.29, 0.717) is 0 Å². The zero-order chi connectivity index (χ0) is 8.55. The number of aliphatic imine (C=N–C) groups is 2. The molecule has 0 aromatic heterocycles. The monoisotopic (exact) mass is 162 g/mol. The van der Waals surface area contributed by atoms with Gasteiger partial charge in [0.15, 0.2) is 11.6 Å². The van der Waals surface area contributed by atoms with Crippen molar-refractivity contribution in [2.45, 2.75) is 0 Å². The van der Waals surface area contributed by atoms with E-state index < -0.39 is 0 Å². The van der Waals surface area contributed by atoms with E-state index in [1.165, 1.54) is 0 Å². The van der Waals surface area contributed by atoms with Gasteiger partial charge in [-0.2, -0.15) is 0 Å². The van der Waals surface area contributed by atoms with Gasteiger partial charge in [0, 0.05) is 38.9 Å². The van der Waals surface area contributed by atoms with Crippen molar-refractivity contribution >= 4 is 12.4 Å². The molecule has 0 aromatic carbocycles. The van der Waals surface area contributed by atoms with Gasteiger partial charge in [-0.05, 0) is 0 Å². The first-order valence-corrected chi connectivity index (χ1v) is 3.74. The van der Waals surface area contributed by atoms with Crippen molar-refractivity contribution in [3.8, 4) is 0 Å². The Labute approximate surface area is 71.2 Å². The van der Waals surface area contributed by atoms with Crippen LogP contribution in [-0.4, -0.2) is 36.3 Å². The highest BCUT2D eigenvalue weighted by Gasteiger charge is 2.18. The standard InChI is InChI=1S/C8H10N4/c1-11-5-6-12(2)8(11)7-9-3-4-10-7/h3-6H,1-2H3. The van der Waals surface area contributed by atoms with E-state index in [4.69, 9.17) is 0 Å². The quantitative estimate of drug-likeness (QED) is 0.522. The first-order valence-electron chi connectivity index (χ1n) is 3.74. The van der Waals surface area contributed by atoms with Crippen molar-refractivity contribution in [3.05, 3.63) is 24.0 Å². The number of hydrogen-bond donors (Lipinski definition) is 0. The molecule has 0 atom stereocenters. The molecule has 2 heterocycles. The topological polar surface area (TPSA) is 31.2 Å². The molecule has 4 heteroatoms. The van der Waals surface area contributed by atoms with Crippen LogP contribution in [0.1, 0.15) is 0 Å². The van der Waals surface area contributed by atoms with Crippen LogP contribution >= 0.6 is 0 Å². The molecule has 0 saturated carbocycles. The highest BCUT2D eigenvalue weighted by atomic mass is 15.4. The largest absolute Gasteiger partial charge is 0.333 e. The Kier molecular flexibility index (Phi) is 1.46. The Morgan fingerprint density at radius 1 is 1.00 bits per heavy atom. The lowest BCUT2D eigenvalue weighted by atomic mass is 10.6. The van der Waals surface area contributed by atoms with Gasteiger partial charge in [-0.3, -0.25) is 0 Å². The van der Waals surface area contributed by atoms with Gasteiger partial charge in [0.05, 0.1) is 0 Å². The lowest BCUT2D eigenvalue weighted by Gasteiger charge is -2.17. The maximum atomic E-state index is 4.13. The third kappa shape index (κ3) is 0.922. The Morgan fingerprint density at radius 3 is 2.00 bits per heavy atom. The fourth-order valence-electron chi connectivity index (χ4n) is 1.26. The van der Waals surface area contributed by atoms with Crippen LogP contribution in [0.4, 0.5) is 0 Å². The van der Waals surface area contributed by atoms with Crippen molar-refractivity contribution in [2.75, 3.05) is 14.1 Å². The van der Waals surface area contributed by atoms with Gasteiger partial charge in [-0.15, -0.1) is 0 Å². The molecule has 0 amide bonds. The van der Waals surface area contributed by atoms with Crippen molar-refractivity contribution in [3.63, 3.8) is 0 Å². The van der Waals surface area contributed by atoms with Crippen LogP contribution in [0, 0.1) is 0 Å². The molecule has 0 N–H and O–H groups in total. The predicted octanol–water partition coefficient (Wildman–Crippen LogP) is 0.617. The number of hydrogen-bond acceptors (Lipinski definition) is 4. The fraction of sp³-hybridized carbons (Fsp3) is 0.250. The van der Waals surface area contributed by atoms with E-state index >= 15 is 0 Å². The van der Waals surface area contributed by atoms with E-state index in [0.717, 1.165) is 11.6 Å². The first kappa shape index (κ1) is 7.09. The molecular weight excluding hydrogens is 152 g/mol. The summed E-state index contributed by atoms with van der Waals surface area (Å²) in [6.07, 6.45) is 7.35. The van der Waals surface area contributed by atoms with Gasteiger partial charge >= 0.3 is 0 Å². The summed E-state index contributed by atoms with van der Waals surface area (Å²) >= 11 is 0. The third-order valence-corrected chi connectivity index (χ3v) is 1.84. The predicted molar refractivity (Wildman–Crippen MR) is 48.7 cm³/mol. The van der Waals surface area contributed by atoms with Gasteiger partial charge in [0.2, 0.25) is 0 Å². The summed E-state index contributed by atoms with van der Waals surface area (Å²) in [4.78, 5) is 12.2. The molecule has 0 aromatic rings. The molecule has 12 heavy (non-hydrogen) atoms. The third-order valence-electron chi connectivity index (χ3n) is 1.84. The van der Waals surface area contributed by atoms with Crippen molar-refractivity contribution in [1.82, 2.24) is 9.80 Å². The summed E-state index contributed by atoms with van der Waals surface area (Å²) in [7, 11) is 3.96. The summed E-state index contributed by atoms with van der Waals surface area (Å²) in [5.74, 6) is 1.78. The van der Waals surface area contributed by atoms with Crippen LogP contribution in [0.2, 0.25) is 0 Å². The summed E-state index contributed by atoms with van der Waals surface area (Å²) in [6, 6.07) is 0. The van der Waals surface area contributed by atoms with Crippen molar-refractivity contribution in [1.29, 1.82) is 0 Å². The molecule has 2 aliphatic rings. The normalized spacial score (nSPS) is 20.5. The summed E-state index contributed by atoms with van der Waals surface area (Å²) < 4.78 is 0. The van der Waals surface area contributed by atoms with Crippen LogP contribution < -0.4 is 0 Å². The molecule has 0 fully saturated rings. The maximum Gasteiger partial charge on any atom is 0.194 e. The minimum absolute atomic E-state index is 0.769. The van der Waals surface area contributed by atoms with Crippen LogP contribution in [-0.2, 0) is 0 Å². The van der Waals surface area contributed by atoms with Crippen LogP contribution in [0.15, 0.2) is 34.0 Å². The van der Waals surface area contributed by atoms with E-state index in [2.05, 4.69) is 9.98 Å². The van der Waals surface area contributed by atoms with Gasteiger partial charge in [0.1, 0.15) is 0 Å². The number of nitrogens with zero attached hydrogens (tertiary/aromatic N) is 4. The minimum atomic E-state index is 0.769. The van der Waals surface area contributed by atoms with E-state index in [-0.39, 0.29) is 0 Å². The lowest BCUT2D eigenvalue weighted by molar-refractivity contribution is 0.437. The smallest absolute Gasteiger partial charge is 0.194 e. The Hall–Kier alpha value is -1.58. The maximum absolute atomic E-state index is 4.13. The molecule has 2 rings (SSSR count). The molecule has 0 saturated heterocycles. The van der Waals surface area contributed by atoms with E-state index in [1.807, 2.05) is 36.3 Å². The molecule has 0 unspecified atom stereocenters. The average molecular weight is 162 g/mol. The van der Waals surface area contributed by atoms with Gasteiger partial charge in [-0.1, -0.05) is 0 Å². The highest BCUT2D eigenvalue weighted by Crippen LogP contribution is 2.21. The highest BCUT2D eigenvalue weighted by molar-refractivity contribution is 6.18. The summed E-state index contributed by atoms with van der Waals surface area (Å²) in [5.41, 5.74) is 0. The van der Waals surface area contributed by atoms with Gasteiger partial charge in [-0.25, -0.2) is 9.98 Å². The summed E-state index contributed by atoms with van der Waals surface area (Å²) in [5, 5.41) is 0. The Balaban J connectivity index is 2.40. The lowest BCUT2D eigenvalue weighted by Crippen LogP contribution is -2.17. The fourth-order valence-corrected chi connectivity index (χ4v) is 1.26. The minimum Gasteiger partial charge on any atom is -0.333 e. The average Bonchev–Trinajstić information content (AvgIpc) is 2.61. The van der Waals surface area contributed by atoms with Crippen LogP contribution in [0.25, 0.3) is 0 Å². The van der Waals surface area contributed by atoms with Gasteiger partial charge < -0.3 is 9.80 Å². The molecule has 2 aliphatic heterocycles. The second-order valence-electron chi connectivity index (χ2n) is 2.72. The van der Waals surface area contributed by atoms with Crippen molar-refractivity contribution < 1.29 is 0 Å². The van der Waals surface area contributed by atoms with E-state index in [9.17, 15) is 0 Å². The molecule has 62 valence electrons. The second kappa shape index (κ2) is 2.48.